The second-order valence-corrected chi connectivity index (χ2v) is 10.0. The van der Waals surface area contributed by atoms with Gasteiger partial charge in [0.2, 0.25) is 10.0 Å². The lowest BCUT2D eigenvalue weighted by Crippen LogP contribution is -2.34. The van der Waals surface area contributed by atoms with Crippen LogP contribution in [0.25, 0.3) is 0 Å². The molecule has 0 spiro atoms. The van der Waals surface area contributed by atoms with Gasteiger partial charge in [0, 0.05) is 18.1 Å². The van der Waals surface area contributed by atoms with Crippen LogP contribution in [0.15, 0.2) is 53.5 Å². The molecule has 0 amide bonds. The Morgan fingerprint density at radius 3 is 2.44 bits per heavy atom. The van der Waals surface area contributed by atoms with E-state index in [2.05, 4.69) is 4.99 Å². The molecule has 0 N–H and O–H groups in total. The van der Waals surface area contributed by atoms with E-state index >= 15 is 0 Å². The minimum absolute atomic E-state index is 0.0414. The first-order valence-corrected chi connectivity index (χ1v) is 11.2. The number of benzene rings is 2. The summed E-state index contributed by atoms with van der Waals surface area (Å²) in [6.45, 7) is 5.63. The average molecular weight is 426 g/mol. The third-order valence-electron chi connectivity index (χ3n) is 3.62. The van der Waals surface area contributed by atoms with Gasteiger partial charge in [0.05, 0.1) is 23.6 Å². The fourth-order valence-electron chi connectivity index (χ4n) is 2.37. The molecule has 0 aliphatic heterocycles. The highest BCUT2D eigenvalue weighted by atomic mass is 35.5. The summed E-state index contributed by atoms with van der Waals surface area (Å²) >= 11 is 7.07. The van der Waals surface area contributed by atoms with Gasteiger partial charge in [-0.2, -0.15) is 0 Å². The number of halogens is 1. The fraction of sp³-hybridized carbons (Fsp3) is 0.316. The number of hydrogen-bond donors (Lipinski definition) is 0. The summed E-state index contributed by atoms with van der Waals surface area (Å²) in [5.74, 6) is -0.0414. The van der Waals surface area contributed by atoms with Crippen molar-refractivity contribution in [1.29, 1.82) is 0 Å². The Hall–Kier alpha value is -1.54. The van der Waals surface area contributed by atoms with Crippen molar-refractivity contribution in [2.75, 3.05) is 7.05 Å². The van der Waals surface area contributed by atoms with Crippen LogP contribution in [0.1, 0.15) is 25.0 Å². The molecule has 0 aliphatic carbocycles. The minimum atomic E-state index is -3.49. The van der Waals surface area contributed by atoms with Crippen molar-refractivity contribution in [2.24, 2.45) is 4.99 Å². The quantitative estimate of drug-likeness (QED) is 0.337. The van der Waals surface area contributed by atoms with E-state index in [1.165, 1.54) is 3.71 Å². The van der Waals surface area contributed by atoms with Gasteiger partial charge in [-0.05, 0) is 50.1 Å². The fourth-order valence-corrected chi connectivity index (χ4v) is 5.39. The lowest BCUT2D eigenvalue weighted by Gasteiger charge is -2.27. The number of hydrogen-bond acceptors (Lipinski definition) is 4. The van der Waals surface area contributed by atoms with E-state index in [0.29, 0.717) is 5.02 Å². The van der Waals surface area contributed by atoms with Crippen LogP contribution in [0.4, 0.5) is 5.69 Å². The van der Waals surface area contributed by atoms with Gasteiger partial charge in [0.15, 0.2) is 0 Å². The topological polar surface area (TPSA) is 53.0 Å². The third kappa shape index (κ3) is 6.53. The van der Waals surface area contributed by atoms with Crippen molar-refractivity contribution >= 4 is 45.8 Å². The average Bonchev–Trinajstić information content (AvgIpc) is 2.59. The second-order valence-electron chi connectivity index (χ2n) is 6.39. The highest BCUT2D eigenvalue weighted by Crippen LogP contribution is 2.26. The number of rotatable bonds is 8. The molecule has 5 nitrogen and oxygen atoms in total. The van der Waals surface area contributed by atoms with Crippen LogP contribution in [0.3, 0.4) is 0 Å². The third-order valence-corrected chi connectivity index (χ3v) is 7.33. The van der Waals surface area contributed by atoms with Gasteiger partial charge in [-0.1, -0.05) is 41.9 Å². The van der Waals surface area contributed by atoms with Gasteiger partial charge in [-0.15, -0.1) is 3.71 Å². The molecule has 27 heavy (non-hydrogen) atoms. The molecule has 0 unspecified atom stereocenters. The maximum Gasteiger partial charge on any atom is 0.229 e. The molecule has 0 radical (unpaired) electrons. The normalized spacial score (nSPS) is 12.3. The largest absolute Gasteiger partial charge is 0.296 e. The van der Waals surface area contributed by atoms with Crippen LogP contribution in [0.2, 0.25) is 5.02 Å². The number of aliphatic imine (C=N–C) groups is 1. The van der Waals surface area contributed by atoms with Crippen molar-refractivity contribution in [3.05, 3.63) is 64.7 Å². The molecule has 146 valence electrons. The number of sulfonamides is 1. The van der Waals surface area contributed by atoms with Crippen LogP contribution in [0, 0.1) is 6.92 Å². The van der Waals surface area contributed by atoms with E-state index in [1.54, 1.807) is 23.8 Å². The van der Waals surface area contributed by atoms with E-state index in [4.69, 9.17) is 11.6 Å². The van der Waals surface area contributed by atoms with Gasteiger partial charge >= 0.3 is 0 Å². The highest BCUT2D eigenvalue weighted by molar-refractivity contribution is 8.07. The van der Waals surface area contributed by atoms with Gasteiger partial charge in [0.1, 0.15) is 6.34 Å². The molecule has 0 aromatic heterocycles. The van der Waals surface area contributed by atoms with Crippen molar-refractivity contribution in [3.8, 4) is 0 Å². The van der Waals surface area contributed by atoms with E-state index in [1.807, 2.05) is 63.2 Å². The molecule has 2 aromatic rings. The van der Waals surface area contributed by atoms with Crippen LogP contribution in [-0.4, -0.2) is 35.9 Å². The van der Waals surface area contributed by atoms with Crippen molar-refractivity contribution < 1.29 is 8.42 Å². The number of aryl methyl sites for hydroxylation is 1. The summed E-state index contributed by atoms with van der Waals surface area (Å²) in [4.78, 5) is 4.43. The van der Waals surface area contributed by atoms with Crippen LogP contribution in [-0.2, 0) is 15.8 Å². The Morgan fingerprint density at radius 1 is 1.19 bits per heavy atom. The summed E-state index contributed by atoms with van der Waals surface area (Å²) in [5.41, 5.74) is 2.50. The maximum absolute atomic E-state index is 12.9. The summed E-state index contributed by atoms with van der Waals surface area (Å²) in [6, 6.07) is 14.4. The van der Waals surface area contributed by atoms with E-state index < -0.39 is 10.0 Å². The first kappa shape index (κ1) is 21.8. The number of nitrogens with zero attached hydrogens (tertiary/aromatic N) is 3. The first-order chi connectivity index (χ1) is 12.7. The molecule has 8 heteroatoms. The lowest BCUT2D eigenvalue weighted by molar-refractivity contribution is 0.494. The van der Waals surface area contributed by atoms with Crippen molar-refractivity contribution in [3.63, 3.8) is 0 Å². The standard InChI is InChI=1S/C19H24ClN3O2S2/c1-15(2)23(27(24,25)13-17-8-6-5-7-9-17)26-22(4)14-21-19-11-10-18(20)12-16(19)3/h5-12,14-15H,13H2,1-4H3. The van der Waals surface area contributed by atoms with Crippen molar-refractivity contribution in [2.45, 2.75) is 32.6 Å². The molecule has 2 rings (SSSR count). The van der Waals surface area contributed by atoms with Crippen molar-refractivity contribution in [1.82, 2.24) is 8.02 Å². The minimum Gasteiger partial charge on any atom is -0.296 e. The van der Waals surface area contributed by atoms with Crippen LogP contribution < -0.4 is 0 Å². The summed E-state index contributed by atoms with van der Waals surface area (Å²) in [5, 5.41) is 0.659. The first-order valence-electron chi connectivity index (χ1n) is 8.46. The van der Waals surface area contributed by atoms with E-state index in [9.17, 15) is 8.42 Å². The summed E-state index contributed by atoms with van der Waals surface area (Å²) in [6.07, 6.45) is 1.61. The smallest absolute Gasteiger partial charge is 0.229 e. The molecule has 0 bridgehead atoms. The monoisotopic (exact) mass is 425 g/mol. The van der Waals surface area contributed by atoms with Crippen LogP contribution in [0.5, 0.6) is 0 Å². The molecule has 0 saturated carbocycles. The molecule has 0 aliphatic rings. The van der Waals surface area contributed by atoms with Gasteiger partial charge in [-0.3, -0.25) is 4.31 Å². The summed E-state index contributed by atoms with van der Waals surface area (Å²) < 4.78 is 28.8. The zero-order chi connectivity index (χ0) is 20.0. The Labute approximate surface area is 171 Å². The zero-order valence-corrected chi connectivity index (χ0v) is 18.2. The van der Waals surface area contributed by atoms with Gasteiger partial charge in [-0.25, -0.2) is 13.4 Å². The Morgan fingerprint density at radius 2 is 1.85 bits per heavy atom. The van der Waals surface area contributed by atoms with Gasteiger partial charge < -0.3 is 0 Å². The Kier molecular flexibility index (Phi) is 7.73. The molecule has 0 saturated heterocycles. The molecule has 0 fully saturated rings. The van der Waals surface area contributed by atoms with E-state index in [0.717, 1.165) is 28.9 Å². The predicted octanol–water partition coefficient (Wildman–Crippen LogP) is 5.04. The Balaban J connectivity index is 2.11. The van der Waals surface area contributed by atoms with Crippen LogP contribution >= 0.6 is 23.7 Å². The lowest BCUT2D eigenvalue weighted by atomic mass is 10.2. The SMILES string of the molecule is Cc1cc(Cl)ccc1N=CN(C)SN(C(C)C)S(=O)(=O)Cc1ccccc1. The second kappa shape index (κ2) is 9.59. The molecule has 0 atom stereocenters. The maximum atomic E-state index is 12.9. The zero-order valence-electron chi connectivity index (χ0n) is 15.8. The molecular formula is C19H24ClN3O2S2. The highest BCUT2D eigenvalue weighted by Gasteiger charge is 2.27. The predicted molar refractivity (Wildman–Crippen MR) is 116 cm³/mol. The Bertz CT molecular complexity index is 887. The summed E-state index contributed by atoms with van der Waals surface area (Å²) in [7, 11) is -1.72. The van der Waals surface area contributed by atoms with Gasteiger partial charge in [0.25, 0.3) is 0 Å². The molecular weight excluding hydrogens is 402 g/mol. The van der Waals surface area contributed by atoms with E-state index in [-0.39, 0.29) is 11.8 Å². The molecule has 2 aromatic carbocycles. The molecule has 0 heterocycles.